The standard InChI is InChI=1S/C14H15N3O2/c18-14(17-7-2-1-3-8-17)12-9-13(19-16-12)11-5-4-6-15-10-11/h4-6,9-10H,1-3,7-8H2. The second-order valence-electron chi connectivity index (χ2n) is 4.67. The molecule has 1 aliphatic heterocycles. The number of aromatic nitrogens is 2. The quantitative estimate of drug-likeness (QED) is 0.828. The molecule has 0 aliphatic carbocycles. The van der Waals surface area contributed by atoms with E-state index in [9.17, 15) is 4.79 Å². The molecule has 98 valence electrons. The topological polar surface area (TPSA) is 59.2 Å². The van der Waals surface area contributed by atoms with Gasteiger partial charge in [-0.2, -0.15) is 0 Å². The Labute approximate surface area is 111 Å². The molecule has 2 aromatic heterocycles. The lowest BCUT2D eigenvalue weighted by Crippen LogP contribution is -2.35. The zero-order valence-electron chi connectivity index (χ0n) is 10.6. The average molecular weight is 257 g/mol. The summed E-state index contributed by atoms with van der Waals surface area (Å²) in [5.41, 5.74) is 1.20. The van der Waals surface area contributed by atoms with Gasteiger partial charge in [-0.05, 0) is 31.4 Å². The Bertz CT molecular complexity index is 559. The summed E-state index contributed by atoms with van der Waals surface area (Å²) in [6.45, 7) is 1.63. The van der Waals surface area contributed by atoms with E-state index in [-0.39, 0.29) is 5.91 Å². The van der Waals surface area contributed by atoms with Gasteiger partial charge in [0.15, 0.2) is 11.5 Å². The monoisotopic (exact) mass is 257 g/mol. The van der Waals surface area contributed by atoms with Gasteiger partial charge in [0.05, 0.1) is 0 Å². The van der Waals surface area contributed by atoms with Crippen LogP contribution in [-0.4, -0.2) is 34.0 Å². The van der Waals surface area contributed by atoms with Crippen molar-refractivity contribution in [3.63, 3.8) is 0 Å². The smallest absolute Gasteiger partial charge is 0.276 e. The average Bonchev–Trinajstić information content (AvgIpc) is 2.98. The molecule has 1 saturated heterocycles. The molecule has 1 aliphatic rings. The fourth-order valence-electron chi connectivity index (χ4n) is 2.28. The van der Waals surface area contributed by atoms with E-state index >= 15 is 0 Å². The predicted molar refractivity (Wildman–Crippen MR) is 69.5 cm³/mol. The third kappa shape index (κ3) is 2.50. The van der Waals surface area contributed by atoms with Gasteiger partial charge in [0.25, 0.3) is 5.91 Å². The van der Waals surface area contributed by atoms with Crippen LogP contribution in [0.4, 0.5) is 0 Å². The van der Waals surface area contributed by atoms with Crippen molar-refractivity contribution in [1.82, 2.24) is 15.0 Å². The molecule has 3 rings (SSSR count). The molecule has 0 saturated carbocycles. The Morgan fingerprint density at radius 2 is 2.11 bits per heavy atom. The van der Waals surface area contributed by atoms with Gasteiger partial charge < -0.3 is 9.42 Å². The van der Waals surface area contributed by atoms with Crippen molar-refractivity contribution in [2.45, 2.75) is 19.3 Å². The number of hydrogen-bond donors (Lipinski definition) is 0. The number of nitrogens with zero attached hydrogens (tertiary/aromatic N) is 3. The molecule has 0 bridgehead atoms. The zero-order chi connectivity index (χ0) is 13.1. The third-order valence-corrected chi connectivity index (χ3v) is 3.32. The van der Waals surface area contributed by atoms with Crippen LogP contribution in [-0.2, 0) is 0 Å². The number of carbonyl (C=O) groups excluding carboxylic acids is 1. The highest BCUT2D eigenvalue weighted by Gasteiger charge is 2.21. The molecule has 0 atom stereocenters. The largest absolute Gasteiger partial charge is 0.355 e. The lowest BCUT2D eigenvalue weighted by Gasteiger charge is -2.25. The van der Waals surface area contributed by atoms with Crippen LogP contribution in [0.5, 0.6) is 0 Å². The number of pyridine rings is 1. The van der Waals surface area contributed by atoms with E-state index in [0.717, 1.165) is 31.5 Å². The van der Waals surface area contributed by atoms with Crippen LogP contribution in [0, 0.1) is 0 Å². The van der Waals surface area contributed by atoms with Crippen molar-refractivity contribution in [2.75, 3.05) is 13.1 Å². The van der Waals surface area contributed by atoms with Gasteiger partial charge in [-0.15, -0.1) is 0 Å². The van der Waals surface area contributed by atoms with Gasteiger partial charge >= 0.3 is 0 Å². The Morgan fingerprint density at radius 1 is 1.26 bits per heavy atom. The van der Waals surface area contributed by atoms with Crippen molar-refractivity contribution >= 4 is 5.91 Å². The van der Waals surface area contributed by atoms with Gasteiger partial charge in [0.2, 0.25) is 0 Å². The SMILES string of the molecule is O=C(c1cc(-c2cccnc2)on1)N1CCCCC1. The first-order valence-corrected chi connectivity index (χ1v) is 6.51. The Hall–Kier alpha value is -2.17. The van der Waals surface area contributed by atoms with Gasteiger partial charge in [0, 0.05) is 37.1 Å². The predicted octanol–water partition coefficient (Wildman–Crippen LogP) is 2.36. The maximum absolute atomic E-state index is 12.2. The normalized spacial score (nSPS) is 15.5. The number of piperidine rings is 1. The number of likely N-dealkylation sites (tertiary alicyclic amines) is 1. The minimum Gasteiger partial charge on any atom is -0.355 e. The first-order valence-electron chi connectivity index (χ1n) is 6.51. The second kappa shape index (κ2) is 5.22. The molecular weight excluding hydrogens is 242 g/mol. The van der Waals surface area contributed by atoms with E-state index in [1.165, 1.54) is 6.42 Å². The van der Waals surface area contributed by atoms with Crippen molar-refractivity contribution in [1.29, 1.82) is 0 Å². The molecule has 5 heteroatoms. The fourth-order valence-corrected chi connectivity index (χ4v) is 2.28. The number of carbonyl (C=O) groups is 1. The summed E-state index contributed by atoms with van der Waals surface area (Å²) in [7, 11) is 0. The van der Waals surface area contributed by atoms with Gasteiger partial charge in [-0.25, -0.2) is 0 Å². The summed E-state index contributed by atoms with van der Waals surface area (Å²) in [6.07, 6.45) is 6.72. The zero-order valence-corrected chi connectivity index (χ0v) is 10.6. The van der Waals surface area contributed by atoms with E-state index in [0.29, 0.717) is 11.5 Å². The second-order valence-corrected chi connectivity index (χ2v) is 4.67. The minimum absolute atomic E-state index is 0.0430. The Kier molecular flexibility index (Phi) is 3.27. The summed E-state index contributed by atoms with van der Waals surface area (Å²) in [5, 5.41) is 3.87. The van der Waals surface area contributed by atoms with Crippen LogP contribution in [0.15, 0.2) is 35.1 Å². The van der Waals surface area contributed by atoms with Crippen LogP contribution in [0.1, 0.15) is 29.8 Å². The first-order chi connectivity index (χ1) is 9.34. The highest BCUT2D eigenvalue weighted by atomic mass is 16.5. The van der Waals surface area contributed by atoms with E-state index in [1.807, 2.05) is 17.0 Å². The molecule has 1 fully saturated rings. The van der Waals surface area contributed by atoms with Crippen molar-refractivity contribution in [2.24, 2.45) is 0 Å². The van der Waals surface area contributed by atoms with Crippen LogP contribution in [0.25, 0.3) is 11.3 Å². The van der Waals surface area contributed by atoms with Gasteiger partial charge in [-0.3, -0.25) is 9.78 Å². The molecule has 0 spiro atoms. The molecule has 0 N–H and O–H groups in total. The van der Waals surface area contributed by atoms with E-state index < -0.39 is 0 Å². The summed E-state index contributed by atoms with van der Waals surface area (Å²) in [6, 6.07) is 5.39. The number of hydrogen-bond acceptors (Lipinski definition) is 4. The molecule has 0 radical (unpaired) electrons. The highest BCUT2D eigenvalue weighted by Crippen LogP contribution is 2.20. The maximum atomic E-state index is 12.2. The lowest BCUT2D eigenvalue weighted by molar-refractivity contribution is 0.0714. The molecule has 3 heterocycles. The highest BCUT2D eigenvalue weighted by molar-refractivity contribution is 5.93. The molecule has 5 nitrogen and oxygen atoms in total. The van der Waals surface area contributed by atoms with Crippen molar-refractivity contribution < 1.29 is 9.32 Å². The number of amides is 1. The van der Waals surface area contributed by atoms with Gasteiger partial charge in [-0.1, -0.05) is 5.16 Å². The summed E-state index contributed by atoms with van der Waals surface area (Å²) in [5.74, 6) is 0.534. The van der Waals surface area contributed by atoms with E-state index in [1.54, 1.807) is 18.5 Å². The minimum atomic E-state index is -0.0430. The molecule has 19 heavy (non-hydrogen) atoms. The summed E-state index contributed by atoms with van der Waals surface area (Å²) >= 11 is 0. The third-order valence-electron chi connectivity index (χ3n) is 3.32. The first kappa shape index (κ1) is 11.9. The van der Waals surface area contributed by atoms with Crippen LogP contribution in [0.3, 0.4) is 0 Å². The van der Waals surface area contributed by atoms with Crippen molar-refractivity contribution in [3.05, 3.63) is 36.3 Å². The summed E-state index contributed by atoms with van der Waals surface area (Å²) in [4.78, 5) is 18.1. The Balaban J connectivity index is 1.79. The van der Waals surface area contributed by atoms with Gasteiger partial charge in [0.1, 0.15) is 0 Å². The van der Waals surface area contributed by atoms with Crippen molar-refractivity contribution in [3.8, 4) is 11.3 Å². The van der Waals surface area contributed by atoms with Crippen LogP contribution in [0.2, 0.25) is 0 Å². The fraction of sp³-hybridized carbons (Fsp3) is 0.357. The summed E-state index contributed by atoms with van der Waals surface area (Å²) < 4.78 is 5.23. The lowest BCUT2D eigenvalue weighted by atomic mass is 10.1. The van der Waals surface area contributed by atoms with Crippen LogP contribution >= 0.6 is 0 Å². The van der Waals surface area contributed by atoms with E-state index in [2.05, 4.69) is 10.1 Å². The molecular formula is C14H15N3O2. The number of rotatable bonds is 2. The molecule has 1 amide bonds. The maximum Gasteiger partial charge on any atom is 0.276 e. The Morgan fingerprint density at radius 3 is 2.84 bits per heavy atom. The van der Waals surface area contributed by atoms with Crippen LogP contribution < -0.4 is 0 Å². The molecule has 0 unspecified atom stereocenters. The molecule has 0 aromatic carbocycles. The molecule has 2 aromatic rings. The van der Waals surface area contributed by atoms with E-state index in [4.69, 9.17) is 4.52 Å².